The lowest BCUT2D eigenvalue weighted by molar-refractivity contribution is 0.0958. The molecule has 3 heterocycles. The summed E-state index contributed by atoms with van der Waals surface area (Å²) in [5, 5.41) is 14.5. The van der Waals surface area contributed by atoms with E-state index in [1.807, 2.05) is 6.92 Å². The van der Waals surface area contributed by atoms with Gasteiger partial charge in [-0.05, 0) is 45.1 Å². The van der Waals surface area contributed by atoms with E-state index in [-0.39, 0.29) is 17.5 Å². The summed E-state index contributed by atoms with van der Waals surface area (Å²) in [6.07, 6.45) is 5.53. The Balaban J connectivity index is 1.59. The number of hydrogen-bond acceptors (Lipinski definition) is 8. The van der Waals surface area contributed by atoms with E-state index in [2.05, 4.69) is 36.3 Å². The number of amides is 2. The summed E-state index contributed by atoms with van der Waals surface area (Å²) in [5.74, 6) is -0.574. The van der Waals surface area contributed by atoms with Crippen LogP contribution in [0.4, 0.5) is 5.00 Å². The molecular formula is C20H23N7O2S2. The third kappa shape index (κ3) is 4.28. The van der Waals surface area contributed by atoms with Crippen molar-refractivity contribution < 1.29 is 9.59 Å². The number of nitrogens with one attached hydrogen (secondary N) is 2. The van der Waals surface area contributed by atoms with E-state index in [1.165, 1.54) is 11.3 Å². The molecule has 3 aromatic rings. The van der Waals surface area contributed by atoms with Crippen molar-refractivity contribution in [2.24, 2.45) is 0 Å². The summed E-state index contributed by atoms with van der Waals surface area (Å²) in [5.41, 5.74) is 4.10. The molecule has 0 spiro atoms. The zero-order valence-electron chi connectivity index (χ0n) is 17.4. The van der Waals surface area contributed by atoms with Crippen LogP contribution in [0.3, 0.4) is 0 Å². The molecule has 0 fully saturated rings. The maximum Gasteiger partial charge on any atom is 0.278 e. The average Bonchev–Trinajstić information content (AvgIpc) is 3.44. The predicted octanol–water partition coefficient (Wildman–Crippen LogP) is 2.90. The van der Waals surface area contributed by atoms with Gasteiger partial charge in [0.15, 0.2) is 5.69 Å². The summed E-state index contributed by atoms with van der Waals surface area (Å²) in [6, 6.07) is 0. The van der Waals surface area contributed by atoms with Crippen molar-refractivity contribution in [3.8, 4) is 0 Å². The lowest BCUT2D eigenvalue weighted by atomic mass is 9.95. The maximum atomic E-state index is 13.0. The third-order valence-corrected chi connectivity index (χ3v) is 7.14. The molecule has 2 amide bonds. The van der Waals surface area contributed by atoms with E-state index in [1.54, 1.807) is 17.7 Å². The minimum atomic E-state index is -0.381. The number of thiophene rings is 1. The molecule has 0 saturated carbocycles. The Morgan fingerprint density at radius 1 is 1.19 bits per heavy atom. The quantitative estimate of drug-likeness (QED) is 0.527. The van der Waals surface area contributed by atoms with E-state index in [9.17, 15) is 9.59 Å². The van der Waals surface area contributed by atoms with Crippen molar-refractivity contribution >= 4 is 39.9 Å². The van der Waals surface area contributed by atoms with Crippen molar-refractivity contribution in [3.63, 3.8) is 0 Å². The third-order valence-electron chi connectivity index (χ3n) is 5.28. The first-order valence-corrected chi connectivity index (χ1v) is 11.6. The summed E-state index contributed by atoms with van der Waals surface area (Å²) >= 11 is 2.62. The van der Waals surface area contributed by atoms with Crippen LogP contribution in [0, 0.1) is 13.8 Å². The first-order chi connectivity index (χ1) is 15.0. The zero-order valence-corrected chi connectivity index (χ0v) is 19.0. The number of aromatic nitrogens is 5. The van der Waals surface area contributed by atoms with Crippen LogP contribution in [-0.4, -0.2) is 42.1 Å². The summed E-state index contributed by atoms with van der Waals surface area (Å²) in [6.45, 7) is 8.10. The molecule has 3 aromatic heterocycles. The lowest BCUT2D eigenvalue weighted by Crippen LogP contribution is -2.26. The molecule has 0 radical (unpaired) electrons. The first kappa shape index (κ1) is 21.3. The standard InChI is InChI=1S/C20H23N7O2S2/c1-4-9-21-18(28)16-13-7-5-6-8-15(13)30-20(16)22-19(29)17-12(3)27(26-23-17)10-14-11(2)24-31-25-14/h4H,1,5-10H2,2-3H3,(H,21,28)(H,22,29). The Kier molecular flexibility index (Phi) is 6.23. The minimum Gasteiger partial charge on any atom is -0.348 e. The van der Waals surface area contributed by atoms with E-state index in [0.29, 0.717) is 29.3 Å². The largest absolute Gasteiger partial charge is 0.348 e. The molecule has 0 saturated heterocycles. The number of carbonyl (C=O) groups excluding carboxylic acids is 2. The SMILES string of the molecule is C=CCNC(=O)c1c(NC(=O)c2nnn(Cc3nsnc3C)c2C)sc2c1CCCC2. The molecule has 0 unspecified atom stereocenters. The first-order valence-electron chi connectivity index (χ1n) is 10.0. The second kappa shape index (κ2) is 9.06. The van der Waals surface area contributed by atoms with Crippen molar-refractivity contribution in [2.45, 2.75) is 46.1 Å². The lowest BCUT2D eigenvalue weighted by Gasteiger charge is -2.12. The van der Waals surface area contributed by atoms with Crippen LogP contribution in [0.2, 0.25) is 0 Å². The van der Waals surface area contributed by atoms with Crippen LogP contribution < -0.4 is 10.6 Å². The summed E-state index contributed by atoms with van der Waals surface area (Å²) in [4.78, 5) is 27.0. The molecule has 11 heteroatoms. The second-order valence-electron chi connectivity index (χ2n) is 7.35. The summed E-state index contributed by atoms with van der Waals surface area (Å²) < 4.78 is 10.1. The smallest absolute Gasteiger partial charge is 0.278 e. The molecular weight excluding hydrogens is 434 g/mol. The Morgan fingerprint density at radius 3 is 2.74 bits per heavy atom. The van der Waals surface area contributed by atoms with Gasteiger partial charge in [0.2, 0.25) is 0 Å². The van der Waals surface area contributed by atoms with E-state index < -0.39 is 0 Å². The molecule has 0 bridgehead atoms. The van der Waals surface area contributed by atoms with E-state index in [0.717, 1.165) is 59.2 Å². The van der Waals surface area contributed by atoms with Crippen molar-refractivity contribution in [2.75, 3.05) is 11.9 Å². The number of carbonyl (C=O) groups is 2. The van der Waals surface area contributed by atoms with Gasteiger partial charge in [0, 0.05) is 11.4 Å². The van der Waals surface area contributed by atoms with Crippen LogP contribution in [0.25, 0.3) is 0 Å². The Labute approximate surface area is 187 Å². The van der Waals surface area contributed by atoms with Crippen LogP contribution in [-0.2, 0) is 19.4 Å². The number of nitrogens with zero attached hydrogens (tertiary/aromatic N) is 5. The Bertz CT molecular complexity index is 1140. The molecule has 2 N–H and O–H groups in total. The van der Waals surface area contributed by atoms with Crippen LogP contribution in [0.1, 0.15) is 61.2 Å². The van der Waals surface area contributed by atoms with Gasteiger partial charge >= 0.3 is 0 Å². The fraction of sp³-hybridized carbons (Fsp3) is 0.400. The highest BCUT2D eigenvalue weighted by atomic mass is 32.1. The average molecular weight is 458 g/mol. The normalized spacial score (nSPS) is 13.0. The van der Waals surface area contributed by atoms with Crippen LogP contribution in [0.5, 0.6) is 0 Å². The van der Waals surface area contributed by atoms with Crippen molar-refractivity contribution in [1.29, 1.82) is 0 Å². The molecule has 0 aliphatic heterocycles. The van der Waals surface area contributed by atoms with Crippen molar-refractivity contribution in [1.82, 2.24) is 29.1 Å². The molecule has 9 nitrogen and oxygen atoms in total. The maximum absolute atomic E-state index is 13.0. The van der Waals surface area contributed by atoms with Gasteiger partial charge in [0.05, 0.1) is 40.9 Å². The van der Waals surface area contributed by atoms with Crippen molar-refractivity contribution in [3.05, 3.63) is 51.4 Å². The fourth-order valence-electron chi connectivity index (χ4n) is 3.56. The van der Waals surface area contributed by atoms with Gasteiger partial charge in [-0.3, -0.25) is 9.59 Å². The molecule has 1 aliphatic carbocycles. The number of hydrogen-bond donors (Lipinski definition) is 2. The summed E-state index contributed by atoms with van der Waals surface area (Å²) in [7, 11) is 0. The molecule has 162 valence electrons. The number of rotatable bonds is 7. The van der Waals surface area contributed by atoms with Gasteiger partial charge in [-0.2, -0.15) is 8.75 Å². The second-order valence-corrected chi connectivity index (χ2v) is 8.98. The molecule has 4 rings (SSSR count). The highest BCUT2D eigenvalue weighted by Crippen LogP contribution is 2.38. The molecule has 1 aliphatic rings. The molecule has 0 atom stereocenters. The highest BCUT2D eigenvalue weighted by molar-refractivity contribution is 7.17. The topological polar surface area (TPSA) is 115 Å². The number of aryl methyl sites for hydroxylation is 2. The fourth-order valence-corrected chi connectivity index (χ4v) is 5.40. The zero-order chi connectivity index (χ0) is 22.0. The van der Waals surface area contributed by atoms with Gasteiger partial charge < -0.3 is 10.6 Å². The van der Waals surface area contributed by atoms with Gasteiger partial charge in [-0.1, -0.05) is 11.3 Å². The molecule has 0 aromatic carbocycles. The predicted molar refractivity (Wildman–Crippen MR) is 120 cm³/mol. The Hall–Kier alpha value is -2.92. The van der Waals surface area contributed by atoms with Gasteiger partial charge in [0.25, 0.3) is 11.8 Å². The molecule has 31 heavy (non-hydrogen) atoms. The Morgan fingerprint density at radius 2 is 2.00 bits per heavy atom. The van der Waals surface area contributed by atoms with E-state index >= 15 is 0 Å². The number of fused-ring (bicyclic) bond motifs is 1. The number of anilines is 1. The van der Waals surface area contributed by atoms with E-state index in [4.69, 9.17) is 0 Å². The van der Waals surface area contributed by atoms with Gasteiger partial charge in [0.1, 0.15) is 5.00 Å². The minimum absolute atomic E-state index is 0.193. The highest BCUT2D eigenvalue weighted by Gasteiger charge is 2.27. The monoisotopic (exact) mass is 457 g/mol. The van der Waals surface area contributed by atoms with Crippen LogP contribution in [0.15, 0.2) is 12.7 Å². The van der Waals surface area contributed by atoms with Gasteiger partial charge in [-0.15, -0.1) is 23.0 Å². The van der Waals surface area contributed by atoms with Gasteiger partial charge in [-0.25, -0.2) is 4.68 Å². The van der Waals surface area contributed by atoms with Crippen LogP contribution >= 0.6 is 23.1 Å².